The quantitative estimate of drug-likeness (QED) is 0.786. The topological polar surface area (TPSA) is 21.3 Å². The summed E-state index contributed by atoms with van der Waals surface area (Å²) in [5.74, 6) is 0. The molecule has 2 atom stereocenters. The second kappa shape index (κ2) is 8.25. The third-order valence-electron chi connectivity index (χ3n) is 2.84. The van der Waals surface area contributed by atoms with E-state index in [1.54, 1.807) is 0 Å². The molecule has 0 saturated carbocycles. The van der Waals surface area contributed by atoms with Gasteiger partial charge in [-0.25, -0.2) is 0 Å². The van der Waals surface area contributed by atoms with Gasteiger partial charge in [0.2, 0.25) is 0 Å². The van der Waals surface area contributed by atoms with Gasteiger partial charge in [0.1, 0.15) is 0 Å². The molecule has 0 fully saturated rings. The number of hydrogen-bond donors (Lipinski definition) is 1. The van der Waals surface area contributed by atoms with Gasteiger partial charge in [0, 0.05) is 18.0 Å². The average Bonchev–Trinajstić information content (AvgIpc) is 2.71. The summed E-state index contributed by atoms with van der Waals surface area (Å²) in [5.41, 5.74) is 0. The molecule has 1 N–H and O–H groups in total. The molecule has 0 amide bonds. The number of ether oxygens (including phenoxy) is 1. The number of hydrogen-bond acceptors (Lipinski definition) is 3. The lowest BCUT2D eigenvalue weighted by atomic mass is 10.0. The van der Waals surface area contributed by atoms with E-state index in [1.807, 2.05) is 18.4 Å². The fourth-order valence-corrected chi connectivity index (χ4v) is 3.58. The standard InChI is InChI=1S/C13H22BrNOS/c1-4-6-12(16-3)11(15-5-2)9-10-7-8-13(14)17-10/h7-8,11-12,15H,4-6,9H2,1-3H3. The number of nitrogens with one attached hydrogen (secondary N) is 1. The summed E-state index contributed by atoms with van der Waals surface area (Å²) in [7, 11) is 1.81. The highest BCUT2D eigenvalue weighted by atomic mass is 79.9. The van der Waals surface area contributed by atoms with Crippen molar-refractivity contribution in [2.24, 2.45) is 0 Å². The highest BCUT2D eigenvalue weighted by molar-refractivity contribution is 9.11. The molecule has 0 spiro atoms. The Labute approximate surface area is 117 Å². The molecule has 1 heterocycles. The Morgan fingerprint density at radius 3 is 2.65 bits per heavy atom. The van der Waals surface area contributed by atoms with Gasteiger partial charge in [-0.3, -0.25) is 0 Å². The fraction of sp³-hybridized carbons (Fsp3) is 0.692. The van der Waals surface area contributed by atoms with E-state index in [1.165, 1.54) is 8.66 Å². The summed E-state index contributed by atoms with van der Waals surface area (Å²) >= 11 is 5.32. The lowest BCUT2D eigenvalue weighted by molar-refractivity contribution is 0.0616. The van der Waals surface area contributed by atoms with E-state index in [-0.39, 0.29) is 0 Å². The Bertz CT molecular complexity index is 316. The summed E-state index contributed by atoms with van der Waals surface area (Å²) in [4.78, 5) is 1.40. The van der Waals surface area contributed by atoms with E-state index < -0.39 is 0 Å². The highest BCUT2D eigenvalue weighted by Crippen LogP contribution is 2.24. The molecule has 0 aliphatic heterocycles. The largest absolute Gasteiger partial charge is 0.380 e. The van der Waals surface area contributed by atoms with Crippen molar-refractivity contribution in [2.75, 3.05) is 13.7 Å². The van der Waals surface area contributed by atoms with E-state index in [4.69, 9.17) is 4.74 Å². The van der Waals surface area contributed by atoms with Crippen molar-refractivity contribution in [3.05, 3.63) is 20.8 Å². The minimum atomic E-state index is 0.306. The molecule has 17 heavy (non-hydrogen) atoms. The van der Waals surface area contributed by atoms with Crippen molar-refractivity contribution in [1.29, 1.82) is 0 Å². The van der Waals surface area contributed by atoms with Crippen molar-refractivity contribution < 1.29 is 4.74 Å². The lowest BCUT2D eigenvalue weighted by Gasteiger charge is -2.26. The monoisotopic (exact) mass is 319 g/mol. The van der Waals surface area contributed by atoms with Crippen LogP contribution >= 0.6 is 27.3 Å². The molecule has 0 aliphatic carbocycles. The predicted molar refractivity (Wildman–Crippen MR) is 78.9 cm³/mol. The molecule has 0 aliphatic rings. The maximum atomic E-state index is 5.61. The van der Waals surface area contributed by atoms with E-state index in [2.05, 4.69) is 47.2 Å². The van der Waals surface area contributed by atoms with Gasteiger partial charge in [-0.2, -0.15) is 0 Å². The van der Waals surface area contributed by atoms with E-state index >= 15 is 0 Å². The van der Waals surface area contributed by atoms with Crippen molar-refractivity contribution in [3.63, 3.8) is 0 Å². The van der Waals surface area contributed by atoms with Crippen LogP contribution in [0.5, 0.6) is 0 Å². The number of thiophene rings is 1. The number of methoxy groups -OCH3 is 1. The maximum Gasteiger partial charge on any atom is 0.0727 e. The van der Waals surface area contributed by atoms with Crippen LogP contribution in [0.2, 0.25) is 0 Å². The molecular weight excluding hydrogens is 298 g/mol. The van der Waals surface area contributed by atoms with Gasteiger partial charge >= 0.3 is 0 Å². The van der Waals surface area contributed by atoms with Crippen LogP contribution in [-0.2, 0) is 11.2 Å². The minimum Gasteiger partial charge on any atom is -0.380 e. The first-order valence-corrected chi connectivity index (χ1v) is 7.82. The molecule has 0 aromatic carbocycles. The molecular formula is C13H22BrNOS. The van der Waals surface area contributed by atoms with Gasteiger partial charge in [-0.15, -0.1) is 11.3 Å². The Morgan fingerprint density at radius 1 is 1.41 bits per heavy atom. The van der Waals surface area contributed by atoms with Gasteiger partial charge < -0.3 is 10.1 Å². The smallest absolute Gasteiger partial charge is 0.0727 e. The molecule has 98 valence electrons. The van der Waals surface area contributed by atoms with Crippen molar-refractivity contribution >= 4 is 27.3 Å². The maximum absolute atomic E-state index is 5.61. The lowest BCUT2D eigenvalue weighted by Crippen LogP contribution is -2.42. The van der Waals surface area contributed by atoms with E-state index in [0.29, 0.717) is 12.1 Å². The Kier molecular flexibility index (Phi) is 7.35. The van der Waals surface area contributed by atoms with Crippen molar-refractivity contribution in [2.45, 2.75) is 45.3 Å². The summed E-state index contributed by atoms with van der Waals surface area (Å²) in [5, 5.41) is 3.54. The molecule has 1 rings (SSSR count). The van der Waals surface area contributed by atoms with Gasteiger partial charge in [0.15, 0.2) is 0 Å². The van der Waals surface area contributed by atoms with Crippen LogP contribution in [0.1, 0.15) is 31.6 Å². The van der Waals surface area contributed by atoms with Gasteiger partial charge in [0.25, 0.3) is 0 Å². The van der Waals surface area contributed by atoms with Gasteiger partial charge in [-0.1, -0.05) is 20.3 Å². The predicted octanol–water partition coefficient (Wildman–Crippen LogP) is 3.85. The summed E-state index contributed by atoms with van der Waals surface area (Å²) < 4.78 is 6.82. The second-order valence-electron chi connectivity index (χ2n) is 4.14. The SMILES string of the molecule is CCCC(OC)C(Cc1ccc(Br)s1)NCC. The van der Waals surface area contributed by atoms with Crippen LogP contribution in [0.25, 0.3) is 0 Å². The van der Waals surface area contributed by atoms with Crippen LogP contribution in [0.4, 0.5) is 0 Å². The molecule has 2 nitrogen and oxygen atoms in total. The molecule has 4 heteroatoms. The third-order valence-corrected chi connectivity index (χ3v) is 4.49. The van der Waals surface area contributed by atoms with E-state index in [9.17, 15) is 0 Å². The Morgan fingerprint density at radius 2 is 2.18 bits per heavy atom. The Balaban J connectivity index is 2.63. The summed E-state index contributed by atoms with van der Waals surface area (Å²) in [6, 6.07) is 4.72. The molecule has 0 bridgehead atoms. The van der Waals surface area contributed by atoms with Crippen LogP contribution in [0.15, 0.2) is 15.9 Å². The number of likely N-dealkylation sites (N-methyl/N-ethyl adjacent to an activating group) is 1. The summed E-state index contributed by atoms with van der Waals surface area (Å²) in [6.45, 7) is 5.34. The second-order valence-corrected chi connectivity index (χ2v) is 6.68. The molecule has 1 aromatic heterocycles. The highest BCUT2D eigenvalue weighted by Gasteiger charge is 2.20. The van der Waals surface area contributed by atoms with Crippen molar-refractivity contribution in [3.8, 4) is 0 Å². The molecule has 2 unspecified atom stereocenters. The average molecular weight is 320 g/mol. The zero-order valence-electron chi connectivity index (χ0n) is 10.8. The molecule has 1 aromatic rings. The van der Waals surface area contributed by atoms with Crippen LogP contribution < -0.4 is 5.32 Å². The first-order valence-electron chi connectivity index (χ1n) is 6.21. The van der Waals surface area contributed by atoms with Crippen LogP contribution in [-0.4, -0.2) is 25.8 Å². The summed E-state index contributed by atoms with van der Waals surface area (Å²) in [6.07, 6.45) is 3.62. The first-order chi connectivity index (χ1) is 8.21. The van der Waals surface area contributed by atoms with Crippen LogP contribution in [0, 0.1) is 0 Å². The molecule has 0 radical (unpaired) electrons. The van der Waals surface area contributed by atoms with E-state index in [0.717, 1.165) is 25.8 Å². The van der Waals surface area contributed by atoms with Crippen molar-refractivity contribution in [1.82, 2.24) is 5.32 Å². The van der Waals surface area contributed by atoms with Crippen LogP contribution in [0.3, 0.4) is 0 Å². The number of halogens is 1. The Hall–Kier alpha value is 0.1000. The normalized spacial score (nSPS) is 14.8. The minimum absolute atomic E-state index is 0.306. The van der Waals surface area contributed by atoms with Gasteiger partial charge in [-0.05, 0) is 47.4 Å². The zero-order valence-corrected chi connectivity index (χ0v) is 13.2. The zero-order chi connectivity index (χ0) is 12.7. The third kappa shape index (κ3) is 5.08. The number of rotatable bonds is 8. The van der Waals surface area contributed by atoms with Gasteiger partial charge in [0.05, 0.1) is 9.89 Å². The fourth-order valence-electron chi connectivity index (χ4n) is 2.04. The first kappa shape index (κ1) is 15.2. The molecule has 0 saturated heterocycles.